The molecule has 1 heterocycles. The lowest BCUT2D eigenvalue weighted by atomic mass is 10.3. The second kappa shape index (κ2) is 6.74. The molecular weight excluding hydrogens is 202 g/mol. The van der Waals surface area contributed by atoms with Gasteiger partial charge in [0.1, 0.15) is 0 Å². The van der Waals surface area contributed by atoms with Crippen LogP contribution in [0.15, 0.2) is 0 Å². The number of hydrogen-bond donors (Lipinski definition) is 0. The van der Waals surface area contributed by atoms with E-state index in [4.69, 9.17) is 0 Å². The van der Waals surface area contributed by atoms with E-state index in [0.717, 1.165) is 52.1 Å². The van der Waals surface area contributed by atoms with E-state index in [1.807, 2.05) is 16.8 Å². The largest absolute Gasteiger partial charge is 0.328 e. The van der Waals surface area contributed by atoms with Gasteiger partial charge < -0.3 is 14.7 Å². The molecule has 1 fully saturated rings. The van der Waals surface area contributed by atoms with Crippen LogP contribution in [0.2, 0.25) is 0 Å². The molecule has 0 aromatic carbocycles. The van der Waals surface area contributed by atoms with Crippen LogP contribution in [0, 0.1) is 0 Å². The van der Waals surface area contributed by atoms with E-state index in [1.54, 1.807) is 0 Å². The van der Waals surface area contributed by atoms with E-state index in [0.29, 0.717) is 0 Å². The van der Waals surface area contributed by atoms with Gasteiger partial charge in [0, 0.05) is 39.8 Å². The standard InChI is InChI=1S/C12H25N3O/c1-4-6-7-13(3)12(16)15-10-8-14(5-2)9-11-15/h4-11H2,1-3H3. The molecule has 0 atom stereocenters. The lowest BCUT2D eigenvalue weighted by molar-refractivity contribution is 0.121. The Kier molecular flexibility index (Phi) is 5.60. The summed E-state index contributed by atoms with van der Waals surface area (Å²) in [5, 5.41) is 0. The van der Waals surface area contributed by atoms with E-state index in [2.05, 4.69) is 18.7 Å². The zero-order valence-corrected chi connectivity index (χ0v) is 10.9. The topological polar surface area (TPSA) is 26.8 Å². The van der Waals surface area contributed by atoms with Gasteiger partial charge in [0.25, 0.3) is 0 Å². The highest BCUT2D eigenvalue weighted by atomic mass is 16.2. The summed E-state index contributed by atoms with van der Waals surface area (Å²) in [4.78, 5) is 18.2. The third kappa shape index (κ3) is 3.67. The van der Waals surface area contributed by atoms with Crippen LogP contribution in [0.3, 0.4) is 0 Å². The van der Waals surface area contributed by atoms with Crippen molar-refractivity contribution >= 4 is 6.03 Å². The highest BCUT2D eigenvalue weighted by Gasteiger charge is 2.22. The molecule has 0 saturated carbocycles. The molecule has 0 radical (unpaired) electrons. The number of carbonyl (C=O) groups excluding carboxylic acids is 1. The van der Waals surface area contributed by atoms with Gasteiger partial charge in [-0.25, -0.2) is 4.79 Å². The first-order valence-corrected chi connectivity index (χ1v) is 6.41. The van der Waals surface area contributed by atoms with Crippen molar-refractivity contribution in [1.82, 2.24) is 14.7 Å². The number of piperazine rings is 1. The Bertz CT molecular complexity index is 212. The normalized spacial score (nSPS) is 17.6. The van der Waals surface area contributed by atoms with E-state index in [1.165, 1.54) is 0 Å². The molecule has 0 aromatic rings. The van der Waals surface area contributed by atoms with Gasteiger partial charge in [0.05, 0.1) is 0 Å². The Morgan fingerprint density at radius 1 is 1.19 bits per heavy atom. The van der Waals surface area contributed by atoms with Crippen LogP contribution in [0.5, 0.6) is 0 Å². The summed E-state index contributed by atoms with van der Waals surface area (Å²) >= 11 is 0. The summed E-state index contributed by atoms with van der Waals surface area (Å²) in [6.45, 7) is 10.1. The lowest BCUT2D eigenvalue weighted by Gasteiger charge is -2.36. The van der Waals surface area contributed by atoms with Crippen LogP contribution in [0.25, 0.3) is 0 Å². The molecule has 4 heteroatoms. The van der Waals surface area contributed by atoms with Gasteiger partial charge in [0.2, 0.25) is 0 Å². The zero-order chi connectivity index (χ0) is 12.0. The van der Waals surface area contributed by atoms with Crippen molar-refractivity contribution in [3.8, 4) is 0 Å². The fraction of sp³-hybridized carbons (Fsp3) is 0.917. The average molecular weight is 227 g/mol. The highest BCUT2D eigenvalue weighted by molar-refractivity contribution is 5.74. The first-order chi connectivity index (χ1) is 7.69. The lowest BCUT2D eigenvalue weighted by Crippen LogP contribution is -2.52. The van der Waals surface area contributed by atoms with Gasteiger partial charge in [0.15, 0.2) is 0 Å². The minimum atomic E-state index is 0.198. The van der Waals surface area contributed by atoms with Crippen molar-refractivity contribution in [2.45, 2.75) is 26.7 Å². The van der Waals surface area contributed by atoms with E-state index < -0.39 is 0 Å². The molecule has 1 rings (SSSR count). The third-order valence-corrected chi connectivity index (χ3v) is 3.26. The Morgan fingerprint density at radius 2 is 1.81 bits per heavy atom. The zero-order valence-electron chi connectivity index (χ0n) is 10.9. The third-order valence-electron chi connectivity index (χ3n) is 3.26. The van der Waals surface area contributed by atoms with Crippen molar-refractivity contribution < 1.29 is 4.79 Å². The van der Waals surface area contributed by atoms with Crippen LogP contribution in [0.4, 0.5) is 4.79 Å². The first kappa shape index (κ1) is 13.3. The summed E-state index contributed by atoms with van der Waals surface area (Å²) in [6, 6.07) is 0.198. The van der Waals surface area contributed by atoms with Crippen LogP contribution < -0.4 is 0 Å². The van der Waals surface area contributed by atoms with Gasteiger partial charge in [-0.3, -0.25) is 0 Å². The molecule has 2 amide bonds. The minimum absolute atomic E-state index is 0.198. The van der Waals surface area contributed by atoms with Gasteiger partial charge in [-0.05, 0) is 13.0 Å². The number of urea groups is 1. The summed E-state index contributed by atoms with van der Waals surface area (Å²) in [7, 11) is 1.91. The molecule has 0 aliphatic carbocycles. The van der Waals surface area contributed by atoms with Crippen LogP contribution in [-0.2, 0) is 0 Å². The number of unbranched alkanes of at least 4 members (excludes halogenated alkanes) is 1. The van der Waals surface area contributed by atoms with Crippen LogP contribution >= 0.6 is 0 Å². The number of hydrogen-bond acceptors (Lipinski definition) is 2. The molecular formula is C12H25N3O. The number of nitrogens with zero attached hydrogens (tertiary/aromatic N) is 3. The van der Waals surface area contributed by atoms with E-state index >= 15 is 0 Å². The van der Waals surface area contributed by atoms with Gasteiger partial charge >= 0.3 is 6.03 Å². The molecule has 1 aliphatic heterocycles. The minimum Gasteiger partial charge on any atom is -0.328 e. The molecule has 4 nitrogen and oxygen atoms in total. The highest BCUT2D eigenvalue weighted by Crippen LogP contribution is 2.05. The summed E-state index contributed by atoms with van der Waals surface area (Å²) in [6.07, 6.45) is 2.23. The Morgan fingerprint density at radius 3 is 2.31 bits per heavy atom. The van der Waals surface area contributed by atoms with Gasteiger partial charge in [-0.15, -0.1) is 0 Å². The van der Waals surface area contributed by atoms with Crippen molar-refractivity contribution in [3.63, 3.8) is 0 Å². The van der Waals surface area contributed by atoms with Crippen molar-refractivity contribution in [2.24, 2.45) is 0 Å². The maximum absolute atomic E-state index is 12.0. The molecule has 94 valence electrons. The number of carbonyl (C=O) groups is 1. The molecule has 16 heavy (non-hydrogen) atoms. The Hall–Kier alpha value is -0.770. The smallest absolute Gasteiger partial charge is 0.319 e. The maximum atomic E-state index is 12.0. The number of rotatable bonds is 4. The predicted molar refractivity (Wildman–Crippen MR) is 66.6 cm³/mol. The van der Waals surface area contributed by atoms with Crippen LogP contribution in [-0.4, -0.2) is 67.0 Å². The summed E-state index contributed by atoms with van der Waals surface area (Å²) in [5.74, 6) is 0. The molecule has 0 unspecified atom stereocenters. The molecule has 1 aliphatic rings. The second-order valence-electron chi connectivity index (χ2n) is 4.48. The summed E-state index contributed by atoms with van der Waals surface area (Å²) in [5.41, 5.74) is 0. The Labute approximate surface area is 99.2 Å². The quantitative estimate of drug-likeness (QED) is 0.727. The second-order valence-corrected chi connectivity index (χ2v) is 4.48. The number of amides is 2. The number of likely N-dealkylation sites (N-methyl/N-ethyl adjacent to an activating group) is 1. The Balaban J connectivity index is 2.32. The predicted octanol–water partition coefficient (Wildman–Crippen LogP) is 1.48. The van der Waals surface area contributed by atoms with Gasteiger partial charge in [-0.2, -0.15) is 0 Å². The van der Waals surface area contributed by atoms with E-state index in [9.17, 15) is 4.79 Å². The molecule has 0 bridgehead atoms. The average Bonchev–Trinajstić information content (AvgIpc) is 2.35. The van der Waals surface area contributed by atoms with Crippen molar-refractivity contribution in [3.05, 3.63) is 0 Å². The summed E-state index contributed by atoms with van der Waals surface area (Å²) < 4.78 is 0. The maximum Gasteiger partial charge on any atom is 0.319 e. The first-order valence-electron chi connectivity index (χ1n) is 6.41. The fourth-order valence-corrected chi connectivity index (χ4v) is 1.99. The van der Waals surface area contributed by atoms with Gasteiger partial charge in [-0.1, -0.05) is 20.3 Å². The molecule has 0 spiro atoms. The monoisotopic (exact) mass is 227 g/mol. The van der Waals surface area contributed by atoms with Crippen molar-refractivity contribution in [1.29, 1.82) is 0 Å². The molecule has 0 aromatic heterocycles. The van der Waals surface area contributed by atoms with E-state index in [-0.39, 0.29) is 6.03 Å². The molecule has 1 saturated heterocycles. The van der Waals surface area contributed by atoms with Crippen LogP contribution in [0.1, 0.15) is 26.7 Å². The SMILES string of the molecule is CCCCN(C)C(=O)N1CCN(CC)CC1. The fourth-order valence-electron chi connectivity index (χ4n) is 1.99. The van der Waals surface area contributed by atoms with Crippen molar-refractivity contribution in [2.75, 3.05) is 46.3 Å². The molecule has 0 N–H and O–H groups in total.